The van der Waals surface area contributed by atoms with Gasteiger partial charge < -0.3 is 15.2 Å². The summed E-state index contributed by atoms with van der Waals surface area (Å²) < 4.78 is 11.2. The van der Waals surface area contributed by atoms with E-state index in [1.807, 2.05) is 24.3 Å². The number of nitrogens with two attached hydrogens (primary N) is 1. The van der Waals surface area contributed by atoms with E-state index in [0.717, 1.165) is 24.3 Å². The Balaban J connectivity index is 1.63. The third-order valence-corrected chi connectivity index (χ3v) is 3.37. The average Bonchev–Trinajstić information content (AvgIpc) is 2.46. The highest BCUT2D eigenvalue weighted by atomic mass is 35.5. The highest BCUT2D eigenvalue weighted by Crippen LogP contribution is 2.27. The molecule has 21 heavy (non-hydrogen) atoms. The number of rotatable bonds is 7. The normalized spacial score (nSPS) is 10.4. The van der Waals surface area contributed by atoms with Gasteiger partial charge in [-0.05, 0) is 55.3 Å². The molecule has 2 rings (SSSR count). The number of anilines is 1. The second kappa shape index (κ2) is 8.01. The summed E-state index contributed by atoms with van der Waals surface area (Å²) in [5.74, 6) is 1.48. The minimum Gasteiger partial charge on any atom is -0.494 e. The predicted octanol–water partition coefficient (Wildman–Crippen LogP) is 4.81. The van der Waals surface area contributed by atoms with Crippen molar-refractivity contribution in [2.45, 2.75) is 12.8 Å². The Labute approximate surface area is 134 Å². The Hall–Kier alpha value is -1.58. The molecule has 0 atom stereocenters. The molecule has 0 unspecified atom stereocenters. The second-order valence-electron chi connectivity index (χ2n) is 4.55. The Morgan fingerprint density at radius 1 is 0.857 bits per heavy atom. The summed E-state index contributed by atoms with van der Waals surface area (Å²) in [4.78, 5) is 0. The Morgan fingerprint density at radius 2 is 1.52 bits per heavy atom. The fraction of sp³-hybridized carbons (Fsp3) is 0.250. The molecule has 0 saturated heterocycles. The van der Waals surface area contributed by atoms with Crippen LogP contribution in [0.5, 0.6) is 11.5 Å². The van der Waals surface area contributed by atoms with Crippen LogP contribution in [0.3, 0.4) is 0 Å². The fourth-order valence-electron chi connectivity index (χ4n) is 1.73. The first-order valence-electron chi connectivity index (χ1n) is 6.71. The van der Waals surface area contributed by atoms with Gasteiger partial charge in [0.05, 0.1) is 18.2 Å². The minimum atomic E-state index is 0.528. The maximum Gasteiger partial charge on any atom is 0.137 e. The van der Waals surface area contributed by atoms with Crippen molar-refractivity contribution < 1.29 is 9.47 Å². The van der Waals surface area contributed by atoms with Gasteiger partial charge in [0.1, 0.15) is 11.5 Å². The molecule has 0 heterocycles. The molecule has 3 nitrogen and oxygen atoms in total. The summed E-state index contributed by atoms with van der Waals surface area (Å²) in [5, 5.41) is 1.13. The van der Waals surface area contributed by atoms with Gasteiger partial charge in [-0.15, -0.1) is 0 Å². The second-order valence-corrected chi connectivity index (χ2v) is 5.39. The van der Waals surface area contributed by atoms with Gasteiger partial charge >= 0.3 is 0 Å². The van der Waals surface area contributed by atoms with Crippen molar-refractivity contribution in [1.82, 2.24) is 0 Å². The van der Waals surface area contributed by atoms with Crippen LogP contribution in [-0.4, -0.2) is 13.2 Å². The molecular weight excluding hydrogens is 309 g/mol. The molecule has 0 bridgehead atoms. The van der Waals surface area contributed by atoms with Crippen LogP contribution >= 0.6 is 23.2 Å². The average molecular weight is 326 g/mol. The lowest BCUT2D eigenvalue weighted by molar-refractivity contribution is 0.266. The number of nitrogen functional groups attached to an aromatic ring is 1. The van der Waals surface area contributed by atoms with Gasteiger partial charge in [0.2, 0.25) is 0 Å². The molecule has 2 N–H and O–H groups in total. The van der Waals surface area contributed by atoms with Crippen LogP contribution < -0.4 is 15.2 Å². The molecule has 0 amide bonds. The lowest BCUT2D eigenvalue weighted by atomic mass is 10.3. The van der Waals surface area contributed by atoms with Crippen LogP contribution in [0.2, 0.25) is 10.0 Å². The van der Waals surface area contributed by atoms with E-state index in [4.69, 9.17) is 38.4 Å². The molecule has 0 fully saturated rings. The zero-order valence-corrected chi connectivity index (χ0v) is 13.0. The summed E-state index contributed by atoms with van der Waals surface area (Å²) in [6.07, 6.45) is 1.78. The van der Waals surface area contributed by atoms with Crippen LogP contribution in [0.15, 0.2) is 42.5 Å². The van der Waals surface area contributed by atoms with E-state index in [-0.39, 0.29) is 0 Å². The van der Waals surface area contributed by atoms with Gasteiger partial charge in [0.25, 0.3) is 0 Å². The Kier molecular flexibility index (Phi) is 6.03. The predicted molar refractivity (Wildman–Crippen MR) is 87.5 cm³/mol. The first-order valence-corrected chi connectivity index (χ1v) is 7.47. The van der Waals surface area contributed by atoms with Crippen molar-refractivity contribution in [3.8, 4) is 11.5 Å². The van der Waals surface area contributed by atoms with Gasteiger partial charge in [-0.3, -0.25) is 0 Å². The fourth-order valence-corrected chi connectivity index (χ4v) is 2.20. The summed E-state index contributed by atoms with van der Waals surface area (Å²) in [5.41, 5.74) is 6.34. The van der Waals surface area contributed by atoms with Crippen LogP contribution in [0.1, 0.15) is 12.8 Å². The van der Waals surface area contributed by atoms with Gasteiger partial charge in [0.15, 0.2) is 0 Å². The molecule has 0 spiro atoms. The maximum atomic E-state index is 6.02. The van der Waals surface area contributed by atoms with E-state index < -0.39 is 0 Å². The Morgan fingerprint density at radius 3 is 2.19 bits per heavy atom. The molecular formula is C16H17Cl2NO2. The first-order chi connectivity index (χ1) is 10.1. The highest BCUT2D eigenvalue weighted by molar-refractivity contribution is 6.35. The van der Waals surface area contributed by atoms with Gasteiger partial charge in [-0.25, -0.2) is 0 Å². The van der Waals surface area contributed by atoms with E-state index in [0.29, 0.717) is 29.0 Å². The first kappa shape index (κ1) is 15.8. The van der Waals surface area contributed by atoms with Crippen LogP contribution in [0.25, 0.3) is 0 Å². The number of benzene rings is 2. The minimum absolute atomic E-state index is 0.528. The van der Waals surface area contributed by atoms with Crippen molar-refractivity contribution in [2.24, 2.45) is 0 Å². The maximum absolute atomic E-state index is 6.02. The van der Waals surface area contributed by atoms with E-state index in [1.54, 1.807) is 18.2 Å². The monoisotopic (exact) mass is 325 g/mol. The molecule has 0 aliphatic rings. The molecule has 5 heteroatoms. The summed E-state index contributed by atoms with van der Waals surface area (Å²) >= 11 is 11.8. The quantitative estimate of drug-likeness (QED) is 0.586. The molecule has 0 radical (unpaired) electrons. The molecule has 0 aromatic heterocycles. The lowest BCUT2D eigenvalue weighted by Crippen LogP contribution is -2.02. The summed E-state index contributed by atoms with van der Waals surface area (Å²) in [6.45, 7) is 1.23. The number of hydrogen-bond acceptors (Lipinski definition) is 3. The van der Waals surface area contributed by atoms with E-state index >= 15 is 0 Å². The van der Waals surface area contributed by atoms with Crippen molar-refractivity contribution in [3.05, 3.63) is 52.5 Å². The van der Waals surface area contributed by atoms with Crippen molar-refractivity contribution in [2.75, 3.05) is 18.9 Å². The number of hydrogen-bond donors (Lipinski definition) is 1. The molecule has 2 aromatic carbocycles. The van der Waals surface area contributed by atoms with Gasteiger partial charge in [-0.1, -0.05) is 23.2 Å². The van der Waals surface area contributed by atoms with Crippen LogP contribution in [0, 0.1) is 0 Å². The summed E-state index contributed by atoms with van der Waals surface area (Å²) in [7, 11) is 0. The zero-order chi connectivity index (χ0) is 15.1. The van der Waals surface area contributed by atoms with Crippen molar-refractivity contribution in [1.29, 1.82) is 0 Å². The molecule has 0 aliphatic heterocycles. The van der Waals surface area contributed by atoms with E-state index in [2.05, 4.69) is 0 Å². The summed E-state index contributed by atoms with van der Waals surface area (Å²) in [6, 6.07) is 12.6. The van der Waals surface area contributed by atoms with Crippen LogP contribution in [0.4, 0.5) is 5.69 Å². The molecule has 0 saturated carbocycles. The third kappa shape index (κ3) is 5.37. The van der Waals surface area contributed by atoms with Crippen molar-refractivity contribution >= 4 is 28.9 Å². The Bertz CT molecular complexity index is 573. The molecule has 2 aromatic rings. The third-order valence-electron chi connectivity index (χ3n) is 2.84. The highest BCUT2D eigenvalue weighted by Gasteiger charge is 2.02. The standard InChI is InChI=1S/C16H17Cl2NO2/c17-12-3-8-16(15(18)11-12)21-10-2-1-9-20-14-6-4-13(19)5-7-14/h3-8,11H,1-2,9-10,19H2. The zero-order valence-electron chi connectivity index (χ0n) is 11.5. The lowest BCUT2D eigenvalue weighted by Gasteiger charge is -2.09. The van der Waals surface area contributed by atoms with E-state index in [9.17, 15) is 0 Å². The topological polar surface area (TPSA) is 44.5 Å². The number of unbranched alkanes of at least 4 members (excludes halogenated alkanes) is 1. The molecule has 112 valence electrons. The number of halogens is 2. The number of ether oxygens (including phenoxy) is 2. The van der Waals surface area contributed by atoms with Gasteiger partial charge in [-0.2, -0.15) is 0 Å². The van der Waals surface area contributed by atoms with Crippen molar-refractivity contribution in [3.63, 3.8) is 0 Å². The van der Waals surface area contributed by atoms with Crippen LogP contribution in [-0.2, 0) is 0 Å². The molecule has 0 aliphatic carbocycles. The largest absolute Gasteiger partial charge is 0.494 e. The smallest absolute Gasteiger partial charge is 0.137 e. The van der Waals surface area contributed by atoms with E-state index in [1.165, 1.54) is 0 Å². The SMILES string of the molecule is Nc1ccc(OCCCCOc2ccc(Cl)cc2Cl)cc1. The van der Waals surface area contributed by atoms with Gasteiger partial charge in [0, 0.05) is 10.7 Å².